The van der Waals surface area contributed by atoms with E-state index in [1.807, 2.05) is 43.9 Å². The quantitative estimate of drug-likeness (QED) is 0.418. The fraction of sp³-hybridized carbons (Fsp3) is 0.533. The van der Waals surface area contributed by atoms with E-state index >= 15 is 0 Å². The topological polar surface area (TPSA) is 93.4 Å². The molecule has 2 aliphatic rings. The number of benzene rings is 1. The third-order valence-electron chi connectivity index (χ3n) is 8.50. The average molecular weight is 518 g/mol. The molecule has 3 unspecified atom stereocenters. The van der Waals surface area contributed by atoms with Crippen molar-refractivity contribution in [2.24, 2.45) is 5.41 Å². The first-order valence-corrected chi connectivity index (χ1v) is 13.9. The highest BCUT2D eigenvalue weighted by Gasteiger charge is 2.39. The summed E-state index contributed by atoms with van der Waals surface area (Å²) in [6.45, 7) is 10.3. The van der Waals surface area contributed by atoms with E-state index in [4.69, 9.17) is 4.74 Å². The highest BCUT2D eigenvalue weighted by Crippen LogP contribution is 2.44. The lowest BCUT2D eigenvalue weighted by atomic mass is 9.72. The van der Waals surface area contributed by atoms with E-state index in [0.717, 1.165) is 61.5 Å². The molecule has 0 radical (unpaired) electrons. The van der Waals surface area contributed by atoms with Gasteiger partial charge in [-0.1, -0.05) is 30.3 Å². The van der Waals surface area contributed by atoms with Crippen molar-refractivity contribution in [3.8, 4) is 5.75 Å². The highest BCUT2D eigenvalue weighted by atomic mass is 16.5. The lowest BCUT2D eigenvalue weighted by molar-refractivity contribution is -0.148. The van der Waals surface area contributed by atoms with Crippen molar-refractivity contribution in [3.63, 3.8) is 0 Å². The number of hydrogen-bond donors (Lipinski definition) is 1. The van der Waals surface area contributed by atoms with Gasteiger partial charge in [0.1, 0.15) is 11.9 Å². The fourth-order valence-electron chi connectivity index (χ4n) is 6.05. The lowest BCUT2D eigenvalue weighted by Gasteiger charge is -2.33. The number of carbonyl (C=O) groups is 1. The van der Waals surface area contributed by atoms with Crippen LogP contribution in [0.1, 0.15) is 86.9 Å². The zero-order chi connectivity index (χ0) is 26.9. The molecular formula is C30H39N5O3. The molecule has 0 fully saturated rings. The summed E-state index contributed by atoms with van der Waals surface area (Å²) in [5.74, 6) is 0.0000279. The minimum Gasteiger partial charge on any atom is -0.489 e. The number of fused-ring (bicyclic) bond motifs is 2. The molecule has 1 N–H and O–H groups in total. The van der Waals surface area contributed by atoms with Crippen LogP contribution >= 0.6 is 0 Å². The number of aliphatic carboxylic acids is 1. The van der Waals surface area contributed by atoms with Crippen LogP contribution in [-0.4, -0.2) is 48.6 Å². The minimum atomic E-state index is -0.919. The monoisotopic (exact) mass is 517 g/mol. The molecule has 0 spiro atoms. The maximum absolute atomic E-state index is 12.4. The first-order chi connectivity index (χ1) is 18.3. The number of carboxylic acid groups (broad SMARTS) is 1. The number of carboxylic acids is 1. The van der Waals surface area contributed by atoms with E-state index in [2.05, 4.69) is 45.3 Å². The Balaban J connectivity index is 1.45. The molecule has 5 rings (SSSR count). The van der Waals surface area contributed by atoms with Crippen molar-refractivity contribution >= 4 is 5.97 Å². The van der Waals surface area contributed by atoms with Crippen LogP contribution in [0.15, 0.2) is 42.9 Å². The molecule has 2 aromatic heterocycles. The Morgan fingerprint density at radius 2 is 2.08 bits per heavy atom. The van der Waals surface area contributed by atoms with Gasteiger partial charge in [0.25, 0.3) is 0 Å². The maximum atomic E-state index is 12.4. The smallest absolute Gasteiger partial charge is 0.309 e. The van der Waals surface area contributed by atoms with Crippen LogP contribution in [0, 0.1) is 5.41 Å². The van der Waals surface area contributed by atoms with Gasteiger partial charge < -0.3 is 9.84 Å². The molecule has 38 heavy (non-hydrogen) atoms. The summed E-state index contributed by atoms with van der Waals surface area (Å²) in [7, 11) is 0. The van der Waals surface area contributed by atoms with Crippen molar-refractivity contribution in [2.75, 3.05) is 6.54 Å². The van der Waals surface area contributed by atoms with Gasteiger partial charge in [0.05, 0.1) is 11.1 Å². The van der Waals surface area contributed by atoms with Gasteiger partial charge in [0, 0.05) is 49.8 Å². The summed E-state index contributed by atoms with van der Waals surface area (Å²) in [6.07, 6.45) is 10.2. The molecule has 0 saturated heterocycles. The van der Waals surface area contributed by atoms with Gasteiger partial charge in [0.2, 0.25) is 0 Å². The van der Waals surface area contributed by atoms with Crippen molar-refractivity contribution in [1.29, 1.82) is 0 Å². The molecule has 3 heterocycles. The first-order valence-electron chi connectivity index (χ1n) is 13.9. The molecule has 0 amide bonds. The van der Waals surface area contributed by atoms with Crippen LogP contribution in [0.2, 0.25) is 0 Å². The summed E-state index contributed by atoms with van der Waals surface area (Å²) in [6, 6.07) is 8.91. The standard InChI is InChI=1S/C30H39N5O3/c1-5-24-19-34(17-22-16-31-14-13-28(22)38-24)27-12-9-20-7-8-21(15-25(20)27)26(30(3,4)29(36)37)11-10-23-18-35(6-2)33-32-23/h7-8,13-16,18,24,26-27H,5-6,9-12,17,19H2,1-4H3,(H,36,37). The average Bonchev–Trinajstić information content (AvgIpc) is 3.50. The molecule has 3 atom stereocenters. The van der Waals surface area contributed by atoms with Gasteiger partial charge in [-0.05, 0) is 81.5 Å². The van der Waals surface area contributed by atoms with E-state index in [0.29, 0.717) is 12.8 Å². The van der Waals surface area contributed by atoms with E-state index in [9.17, 15) is 9.90 Å². The van der Waals surface area contributed by atoms with Gasteiger partial charge in [-0.15, -0.1) is 5.10 Å². The highest BCUT2D eigenvalue weighted by molar-refractivity contribution is 5.75. The van der Waals surface area contributed by atoms with Crippen LogP contribution < -0.4 is 4.74 Å². The summed E-state index contributed by atoms with van der Waals surface area (Å²) < 4.78 is 8.16. The molecular weight excluding hydrogens is 478 g/mol. The fourth-order valence-corrected chi connectivity index (χ4v) is 6.05. The second kappa shape index (κ2) is 10.8. The van der Waals surface area contributed by atoms with Crippen molar-refractivity contribution in [2.45, 2.75) is 91.0 Å². The summed E-state index contributed by atoms with van der Waals surface area (Å²) in [5, 5.41) is 18.6. The number of rotatable bonds is 9. The van der Waals surface area contributed by atoms with Crippen LogP contribution in [0.4, 0.5) is 0 Å². The van der Waals surface area contributed by atoms with Crippen LogP contribution in [0.25, 0.3) is 0 Å². The van der Waals surface area contributed by atoms with E-state index in [1.165, 1.54) is 11.1 Å². The van der Waals surface area contributed by atoms with Gasteiger partial charge >= 0.3 is 5.97 Å². The number of nitrogens with zero attached hydrogens (tertiary/aromatic N) is 5. The normalized spacial score (nSPS) is 20.3. The van der Waals surface area contributed by atoms with E-state index < -0.39 is 11.4 Å². The Kier molecular flexibility index (Phi) is 7.52. The lowest BCUT2D eigenvalue weighted by Crippen LogP contribution is -2.35. The maximum Gasteiger partial charge on any atom is 0.309 e. The van der Waals surface area contributed by atoms with Crippen molar-refractivity contribution in [1.82, 2.24) is 24.9 Å². The zero-order valence-corrected chi connectivity index (χ0v) is 22.9. The third-order valence-corrected chi connectivity index (χ3v) is 8.50. The number of pyridine rings is 1. The van der Waals surface area contributed by atoms with Gasteiger partial charge in [-0.3, -0.25) is 19.4 Å². The van der Waals surface area contributed by atoms with Crippen molar-refractivity contribution < 1.29 is 14.6 Å². The van der Waals surface area contributed by atoms with Gasteiger partial charge in [-0.2, -0.15) is 0 Å². The molecule has 1 aliphatic carbocycles. The first kappa shape index (κ1) is 26.4. The Morgan fingerprint density at radius 3 is 2.82 bits per heavy atom. The zero-order valence-electron chi connectivity index (χ0n) is 22.9. The second-order valence-electron chi connectivity index (χ2n) is 11.3. The summed E-state index contributed by atoms with van der Waals surface area (Å²) >= 11 is 0. The molecule has 8 heteroatoms. The Labute approximate surface area is 225 Å². The molecule has 1 aliphatic heterocycles. The predicted molar refractivity (Wildman–Crippen MR) is 145 cm³/mol. The molecule has 0 saturated carbocycles. The van der Waals surface area contributed by atoms with Gasteiger partial charge in [-0.25, -0.2) is 0 Å². The number of hydrogen-bond acceptors (Lipinski definition) is 6. The largest absolute Gasteiger partial charge is 0.489 e. The van der Waals surface area contributed by atoms with Crippen LogP contribution in [-0.2, 0) is 30.7 Å². The van der Waals surface area contributed by atoms with Crippen LogP contribution in [0.3, 0.4) is 0 Å². The molecule has 1 aromatic carbocycles. The Hall–Kier alpha value is -3.26. The van der Waals surface area contributed by atoms with E-state index in [1.54, 1.807) is 6.20 Å². The van der Waals surface area contributed by atoms with E-state index in [-0.39, 0.29) is 18.1 Å². The summed E-state index contributed by atoms with van der Waals surface area (Å²) in [5.41, 5.74) is 4.88. The number of ether oxygens (including phenoxy) is 1. The number of aromatic nitrogens is 4. The molecule has 8 nitrogen and oxygen atoms in total. The minimum absolute atomic E-state index is 0.126. The second-order valence-corrected chi connectivity index (χ2v) is 11.3. The Morgan fingerprint density at radius 1 is 1.24 bits per heavy atom. The third kappa shape index (κ3) is 5.19. The number of aryl methyl sites for hydroxylation is 3. The van der Waals surface area contributed by atoms with Crippen LogP contribution in [0.5, 0.6) is 5.75 Å². The molecule has 0 bridgehead atoms. The molecule has 3 aromatic rings. The summed E-state index contributed by atoms with van der Waals surface area (Å²) in [4.78, 5) is 19.3. The van der Waals surface area contributed by atoms with Gasteiger partial charge in [0.15, 0.2) is 0 Å². The SMILES string of the molecule is CCC1CN(C2CCc3ccc(C(CCc4cn(CC)nn4)C(C)(C)C(=O)O)cc32)Cc2cnccc2O1. The van der Waals surface area contributed by atoms with Crippen molar-refractivity contribution in [3.05, 3.63) is 70.8 Å². The predicted octanol–water partition coefficient (Wildman–Crippen LogP) is 5.18. The molecule has 202 valence electrons. The Bertz CT molecular complexity index is 1290.